The van der Waals surface area contributed by atoms with Crippen LogP contribution in [0.1, 0.15) is 13.3 Å². The Morgan fingerprint density at radius 3 is 2.53 bits per heavy atom. The van der Waals surface area contributed by atoms with Gasteiger partial charge in [-0.05, 0) is 48.4 Å². The number of carbonyl (C=O) groups is 2. The summed E-state index contributed by atoms with van der Waals surface area (Å²) in [5, 5.41) is 4.83. The van der Waals surface area contributed by atoms with Gasteiger partial charge in [0.15, 0.2) is 11.4 Å². The van der Waals surface area contributed by atoms with Gasteiger partial charge < -0.3 is 24.3 Å². The predicted molar refractivity (Wildman–Crippen MR) is 137 cm³/mol. The van der Waals surface area contributed by atoms with Crippen molar-refractivity contribution < 1.29 is 23.5 Å². The molecule has 4 rings (SSSR count). The van der Waals surface area contributed by atoms with E-state index in [4.69, 9.17) is 14.5 Å². The molecule has 0 unspecified atom stereocenters. The van der Waals surface area contributed by atoms with Crippen molar-refractivity contribution in [2.75, 3.05) is 44.4 Å². The summed E-state index contributed by atoms with van der Waals surface area (Å²) < 4.78 is 25.6. The molecule has 1 N–H and O–H groups in total. The summed E-state index contributed by atoms with van der Waals surface area (Å²) in [6.45, 7) is 5.24. The number of hydrogen-bond donors (Lipinski definition) is 1. The van der Waals surface area contributed by atoms with E-state index in [0.29, 0.717) is 25.2 Å². The number of ether oxygens (including phenoxy) is 2. The van der Waals surface area contributed by atoms with E-state index in [1.165, 1.54) is 30.4 Å². The van der Waals surface area contributed by atoms with Crippen LogP contribution in [0.25, 0.3) is 11.3 Å². The van der Waals surface area contributed by atoms with Gasteiger partial charge in [-0.2, -0.15) is 0 Å². The number of thiazole rings is 1. The molecule has 0 saturated carbocycles. The number of anilines is 1. The summed E-state index contributed by atoms with van der Waals surface area (Å²) in [7, 11) is 0. The maximum Gasteiger partial charge on any atom is 0.303 e. The third-order valence-electron chi connectivity index (χ3n) is 5.68. The highest BCUT2D eigenvalue weighted by Crippen LogP contribution is 2.25. The second-order valence-corrected chi connectivity index (χ2v) is 9.11. The molecule has 1 amide bonds. The van der Waals surface area contributed by atoms with Gasteiger partial charge in [-0.1, -0.05) is 12.1 Å². The topological polar surface area (TPSA) is 85.2 Å². The Labute approximate surface area is 213 Å². The molecule has 2 aromatic carbocycles. The molecule has 1 saturated heterocycles. The SMILES string of the molecule is CC(=O)OCC(=O)NCCCn1c(-c2ccc(N3CCOCC3)cc2)csc1=Nc1ccc(F)cc1. The van der Waals surface area contributed by atoms with Crippen molar-refractivity contribution in [2.24, 2.45) is 4.99 Å². The average Bonchev–Trinajstić information content (AvgIpc) is 3.29. The lowest BCUT2D eigenvalue weighted by Crippen LogP contribution is -2.36. The van der Waals surface area contributed by atoms with Gasteiger partial charge >= 0.3 is 5.97 Å². The van der Waals surface area contributed by atoms with E-state index in [1.807, 2.05) is 0 Å². The first-order valence-corrected chi connectivity index (χ1v) is 12.7. The molecule has 1 fully saturated rings. The zero-order chi connectivity index (χ0) is 25.3. The van der Waals surface area contributed by atoms with Crippen molar-refractivity contribution in [1.82, 2.24) is 9.88 Å². The second kappa shape index (κ2) is 12.5. The fourth-order valence-electron chi connectivity index (χ4n) is 3.84. The van der Waals surface area contributed by atoms with Crippen LogP contribution in [0.5, 0.6) is 0 Å². The first kappa shape index (κ1) is 25.6. The highest BCUT2D eigenvalue weighted by molar-refractivity contribution is 7.07. The van der Waals surface area contributed by atoms with Gasteiger partial charge in [0.05, 0.1) is 24.6 Å². The number of morpholine rings is 1. The predicted octanol–water partition coefficient (Wildman–Crippen LogP) is 3.49. The Kier molecular flexibility index (Phi) is 8.85. The number of benzene rings is 2. The molecule has 1 aliphatic heterocycles. The van der Waals surface area contributed by atoms with Gasteiger partial charge in [0.25, 0.3) is 5.91 Å². The van der Waals surface area contributed by atoms with E-state index >= 15 is 0 Å². The zero-order valence-electron chi connectivity index (χ0n) is 20.1. The van der Waals surface area contributed by atoms with Gasteiger partial charge in [-0.15, -0.1) is 11.3 Å². The van der Waals surface area contributed by atoms with Gasteiger partial charge in [-0.25, -0.2) is 9.38 Å². The van der Waals surface area contributed by atoms with E-state index in [1.54, 1.807) is 12.1 Å². The minimum absolute atomic E-state index is 0.285. The normalized spacial score (nSPS) is 14.1. The molecule has 1 aliphatic rings. The quantitative estimate of drug-likeness (QED) is 0.351. The highest BCUT2D eigenvalue weighted by atomic mass is 32.1. The highest BCUT2D eigenvalue weighted by Gasteiger charge is 2.13. The molecule has 36 heavy (non-hydrogen) atoms. The Balaban J connectivity index is 1.53. The van der Waals surface area contributed by atoms with E-state index in [-0.39, 0.29) is 18.3 Å². The number of hydrogen-bond acceptors (Lipinski definition) is 7. The summed E-state index contributed by atoms with van der Waals surface area (Å²) in [6.07, 6.45) is 0.651. The van der Waals surface area contributed by atoms with Gasteiger partial charge in [0.1, 0.15) is 5.82 Å². The third-order valence-corrected chi connectivity index (χ3v) is 6.54. The van der Waals surface area contributed by atoms with Crippen LogP contribution < -0.4 is 15.0 Å². The Morgan fingerprint density at radius 1 is 1.11 bits per heavy atom. The molecule has 0 radical (unpaired) electrons. The van der Waals surface area contributed by atoms with Crippen molar-refractivity contribution in [3.8, 4) is 11.3 Å². The molecule has 1 aromatic heterocycles. The Bertz CT molecular complexity index is 1230. The number of nitrogens with one attached hydrogen (secondary N) is 1. The van der Waals surface area contributed by atoms with E-state index in [0.717, 1.165) is 48.0 Å². The summed E-state index contributed by atoms with van der Waals surface area (Å²) in [4.78, 5) is 30.5. The fraction of sp³-hybridized carbons (Fsp3) is 0.346. The summed E-state index contributed by atoms with van der Waals surface area (Å²) in [5.74, 6) is -1.13. The molecule has 0 atom stereocenters. The summed E-state index contributed by atoms with van der Waals surface area (Å²) in [6, 6.07) is 14.5. The van der Waals surface area contributed by atoms with Crippen LogP contribution >= 0.6 is 11.3 Å². The third kappa shape index (κ3) is 7.02. The van der Waals surface area contributed by atoms with Crippen molar-refractivity contribution in [3.63, 3.8) is 0 Å². The minimum atomic E-state index is -0.490. The molecule has 190 valence electrons. The lowest BCUT2D eigenvalue weighted by Gasteiger charge is -2.28. The number of rotatable bonds is 9. The monoisotopic (exact) mass is 512 g/mol. The van der Waals surface area contributed by atoms with Crippen LogP contribution in [0, 0.1) is 5.82 Å². The molecule has 10 heteroatoms. The van der Waals surface area contributed by atoms with E-state index < -0.39 is 5.97 Å². The number of carbonyl (C=O) groups excluding carboxylic acids is 2. The Hall–Kier alpha value is -3.50. The van der Waals surface area contributed by atoms with Crippen molar-refractivity contribution in [2.45, 2.75) is 19.9 Å². The van der Waals surface area contributed by atoms with Crippen LogP contribution in [0.4, 0.5) is 15.8 Å². The maximum atomic E-state index is 13.4. The standard InChI is InChI=1S/C26H29FN4O4S/c1-19(32)35-17-25(33)28-11-2-12-31-24(18-36-26(31)29-22-7-5-21(27)6-8-22)20-3-9-23(10-4-20)30-13-15-34-16-14-30/h3-10,18H,2,11-17H2,1H3,(H,28,33). The van der Waals surface area contributed by atoms with Crippen LogP contribution in [0.3, 0.4) is 0 Å². The Morgan fingerprint density at radius 2 is 1.83 bits per heavy atom. The molecule has 0 bridgehead atoms. The second-order valence-electron chi connectivity index (χ2n) is 8.27. The van der Waals surface area contributed by atoms with Crippen LogP contribution in [0.15, 0.2) is 58.9 Å². The molecule has 2 heterocycles. The van der Waals surface area contributed by atoms with E-state index in [2.05, 4.69) is 44.4 Å². The fourth-order valence-corrected chi connectivity index (χ4v) is 4.79. The molecule has 0 aliphatic carbocycles. The van der Waals surface area contributed by atoms with Gasteiger partial charge in [0, 0.05) is 44.2 Å². The molecule has 8 nitrogen and oxygen atoms in total. The molecule has 0 spiro atoms. The average molecular weight is 513 g/mol. The van der Waals surface area contributed by atoms with Gasteiger partial charge in [0.2, 0.25) is 0 Å². The number of nitrogens with zero attached hydrogens (tertiary/aromatic N) is 3. The number of aromatic nitrogens is 1. The maximum absolute atomic E-state index is 13.4. The summed E-state index contributed by atoms with van der Waals surface area (Å²) >= 11 is 1.51. The first-order valence-electron chi connectivity index (χ1n) is 11.8. The van der Waals surface area contributed by atoms with Crippen LogP contribution in [0.2, 0.25) is 0 Å². The smallest absolute Gasteiger partial charge is 0.303 e. The summed E-state index contributed by atoms with van der Waals surface area (Å²) in [5.41, 5.74) is 3.90. The first-order chi connectivity index (χ1) is 17.5. The lowest BCUT2D eigenvalue weighted by atomic mass is 10.1. The van der Waals surface area contributed by atoms with E-state index in [9.17, 15) is 14.0 Å². The van der Waals surface area contributed by atoms with Crippen molar-refractivity contribution in [1.29, 1.82) is 0 Å². The van der Waals surface area contributed by atoms with Crippen molar-refractivity contribution in [3.05, 3.63) is 64.5 Å². The zero-order valence-corrected chi connectivity index (χ0v) is 20.9. The minimum Gasteiger partial charge on any atom is -0.456 e. The number of esters is 1. The number of amides is 1. The van der Waals surface area contributed by atoms with Crippen molar-refractivity contribution >= 4 is 34.6 Å². The molecule has 3 aromatic rings. The lowest BCUT2D eigenvalue weighted by molar-refractivity contribution is -0.146. The molecular weight excluding hydrogens is 483 g/mol. The molecular formula is C26H29FN4O4S. The van der Waals surface area contributed by atoms with Crippen LogP contribution in [-0.2, 0) is 25.6 Å². The van der Waals surface area contributed by atoms with Crippen LogP contribution in [-0.4, -0.2) is 55.9 Å². The largest absolute Gasteiger partial charge is 0.456 e. The van der Waals surface area contributed by atoms with Gasteiger partial charge in [-0.3, -0.25) is 9.59 Å². The number of halogens is 1.